The van der Waals surface area contributed by atoms with Crippen LogP contribution in [-0.4, -0.2) is 17.4 Å². The molecule has 1 N–H and O–H groups in total. The van der Waals surface area contributed by atoms with Crippen LogP contribution in [0.3, 0.4) is 0 Å². The molecule has 2 atom stereocenters. The number of hydrogen-bond acceptors (Lipinski definition) is 3. The highest BCUT2D eigenvalue weighted by molar-refractivity contribution is 7.80. The molecule has 0 aliphatic carbocycles. The Labute approximate surface area is 157 Å². The molecule has 4 rings (SSSR count). The molecular weight excluding hydrogens is 356 g/mol. The first-order valence-corrected chi connectivity index (χ1v) is 9.11. The van der Waals surface area contributed by atoms with Crippen LogP contribution in [0, 0.1) is 0 Å². The molecule has 4 nitrogen and oxygen atoms in total. The Balaban J connectivity index is 1.80. The fourth-order valence-corrected chi connectivity index (χ4v) is 4.24. The van der Waals surface area contributed by atoms with E-state index in [2.05, 4.69) is 12.2 Å². The van der Waals surface area contributed by atoms with E-state index in [9.17, 15) is 0 Å². The lowest BCUT2D eigenvalue weighted by atomic mass is 9.90. The highest BCUT2D eigenvalue weighted by Crippen LogP contribution is 2.47. The summed E-state index contributed by atoms with van der Waals surface area (Å²) in [5.74, 6) is 1.62. The second-order valence-corrected chi connectivity index (χ2v) is 7.22. The summed E-state index contributed by atoms with van der Waals surface area (Å²) in [6, 6.07) is 13.7. The van der Waals surface area contributed by atoms with Crippen LogP contribution in [0.25, 0.3) is 0 Å². The van der Waals surface area contributed by atoms with Crippen molar-refractivity contribution in [2.24, 2.45) is 0 Å². The Kier molecular flexibility index (Phi) is 4.01. The van der Waals surface area contributed by atoms with Gasteiger partial charge < -0.3 is 14.8 Å². The minimum Gasteiger partial charge on any atom is -0.492 e. The summed E-state index contributed by atoms with van der Waals surface area (Å²) < 4.78 is 12.2. The summed E-state index contributed by atoms with van der Waals surface area (Å²) in [6.07, 6.45) is 0.751. The normalized spacial score (nSPS) is 24.2. The number of para-hydroxylation sites is 2. The van der Waals surface area contributed by atoms with Gasteiger partial charge in [-0.2, -0.15) is 0 Å². The first-order chi connectivity index (χ1) is 12.0. The number of benzene rings is 2. The number of nitrogens with zero attached hydrogens (tertiary/aromatic N) is 1. The van der Waals surface area contributed by atoms with Gasteiger partial charge >= 0.3 is 0 Å². The summed E-state index contributed by atoms with van der Waals surface area (Å²) in [5.41, 5.74) is 1.35. The van der Waals surface area contributed by atoms with Crippen molar-refractivity contribution in [3.8, 4) is 11.5 Å². The Morgan fingerprint density at radius 2 is 2.16 bits per heavy atom. The molecule has 2 unspecified atom stereocenters. The largest absolute Gasteiger partial charge is 0.492 e. The van der Waals surface area contributed by atoms with Crippen molar-refractivity contribution in [1.82, 2.24) is 5.32 Å². The van der Waals surface area contributed by atoms with E-state index in [4.69, 9.17) is 33.3 Å². The van der Waals surface area contributed by atoms with Crippen LogP contribution in [0.5, 0.6) is 11.5 Å². The number of halogens is 1. The van der Waals surface area contributed by atoms with Crippen molar-refractivity contribution in [2.45, 2.75) is 32.0 Å². The molecule has 0 spiro atoms. The topological polar surface area (TPSA) is 33.7 Å². The zero-order valence-corrected chi connectivity index (χ0v) is 15.7. The average Bonchev–Trinajstić information content (AvgIpc) is 2.57. The van der Waals surface area contributed by atoms with Crippen LogP contribution in [0.15, 0.2) is 42.5 Å². The predicted molar refractivity (Wildman–Crippen MR) is 104 cm³/mol. The van der Waals surface area contributed by atoms with Gasteiger partial charge in [0, 0.05) is 17.0 Å². The van der Waals surface area contributed by atoms with Crippen LogP contribution < -0.4 is 19.7 Å². The fraction of sp³-hybridized carbons (Fsp3) is 0.316. The van der Waals surface area contributed by atoms with Gasteiger partial charge in [0.2, 0.25) is 0 Å². The lowest BCUT2D eigenvalue weighted by Gasteiger charge is -2.52. The summed E-state index contributed by atoms with van der Waals surface area (Å²) in [7, 11) is 0. The summed E-state index contributed by atoms with van der Waals surface area (Å²) in [6.45, 7) is 4.62. The van der Waals surface area contributed by atoms with Crippen molar-refractivity contribution in [3.05, 3.63) is 53.1 Å². The summed E-state index contributed by atoms with van der Waals surface area (Å²) in [4.78, 5) is 2.02. The molecular formula is C19H19ClN2O2S. The van der Waals surface area contributed by atoms with Gasteiger partial charge in [0.1, 0.15) is 11.5 Å². The zero-order chi connectivity index (χ0) is 17.6. The molecule has 25 heavy (non-hydrogen) atoms. The van der Waals surface area contributed by atoms with E-state index in [0.29, 0.717) is 16.7 Å². The van der Waals surface area contributed by atoms with E-state index in [1.54, 1.807) is 0 Å². The van der Waals surface area contributed by atoms with Gasteiger partial charge in [-0.25, -0.2) is 0 Å². The van der Waals surface area contributed by atoms with E-state index >= 15 is 0 Å². The zero-order valence-electron chi connectivity index (χ0n) is 14.1. The molecule has 130 valence electrons. The predicted octanol–water partition coefficient (Wildman–Crippen LogP) is 4.67. The summed E-state index contributed by atoms with van der Waals surface area (Å²) in [5, 5.41) is 4.76. The second kappa shape index (κ2) is 6.07. The third-order valence-electron chi connectivity index (χ3n) is 4.64. The molecule has 2 aromatic carbocycles. The Hall–Kier alpha value is -1.98. The lowest BCUT2D eigenvalue weighted by molar-refractivity contribution is 0.0493. The van der Waals surface area contributed by atoms with E-state index in [1.807, 2.05) is 54.3 Å². The molecule has 0 aromatic heterocycles. The fourth-order valence-electron chi connectivity index (χ4n) is 3.63. The molecule has 2 aromatic rings. The number of thiocarbonyl (C=S) groups is 1. The molecule has 6 heteroatoms. The number of anilines is 1. The minimum absolute atomic E-state index is 0.0791. The van der Waals surface area contributed by atoms with Crippen LogP contribution in [-0.2, 0) is 0 Å². The first-order valence-electron chi connectivity index (χ1n) is 8.33. The molecule has 0 saturated carbocycles. The Morgan fingerprint density at radius 1 is 1.36 bits per heavy atom. The Morgan fingerprint density at radius 3 is 2.96 bits per heavy atom. The van der Waals surface area contributed by atoms with Crippen LogP contribution in [0.2, 0.25) is 5.02 Å². The van der Waals surface area contributed by atoms with Crippen molar-refractivity contribution < 1.29 is 9.47 Å². The third kappa shape index (κ3) is 2.71. The molecule has 0 radical (unpaired) electrons. The number of rotatable bonds is 3. The number of ether oxygens (including phenoxy) is 2. The number of nitrogens with one attached hydrogen (secondary N) is 1. The maximum absolute atomic E-state index is 6.40. The molecule has 2 aliphatic rings. The van der Waals surface area contributed by atoms with Crippen LogP contribution >= 0.6 is 23.8 Å². The van der Waals surface area contributed by atoms with Gasteiger partial charge in [-0.05, 0) is 56.4 Å². The number of hydrogen-bond donors (Lipinski definition) is 1. The lowest BCUT2D eigenvalue weighted by Crippen LogP contribution is -2.65. The van der Waals surface area contributed by atoms with Crippen molar-refractivity contribution >= 4 is 34.6 Å². The standard InChI is InChI=1S/C19H19ClN2O2S/c1-3-23-17-7-5-4-6-15(17)22-18(25)21-14-11-19(22,2)24-16-9-8-12(20)10-13(14)16/h4-10,14H,3,11H2,1-2H3,(H,21,25). The number of fused-ring (bicyclic) bond motifs is 4. The van der Waals surface area contributed by atoms with Gasteiger partial charge in [0.05, 0.1) is 18.3 Å². The quantitative estimate of drug-likeness (QED) is 0.789. The van der Waals surface area contributed by atoms with E-state index in [-0.39, 0.29) is 6.04 Å². The van der Waals surface area contributed by atoms with Gasteiger partial charge in [-0.3, -0.25) is 4.90 Å². The van der Waals surface area contributed by atoms with Crippen LogP contribution in [0.4, 0.5) is 5.69 Å². The molecule has 0 amide bonds. The van der Waals surface area contributed by atoms with Gasteiger partial charge in [0.25, 0.3) is 0 Å². The van der Waals surface area contributed by atoms with Crippen molar-refractivity contribution in [3.63, 3.8) is 0 Å². The van der Waals surface area contributed by atoms with Crippen molar-refractivity contribution in [1.29, 1.82) is 0 Å². The van der Waals surface area contributed by atoms with Crippen LogP contribution in [0.1, 0.15) is 31.9 Å². The van der Waals surface area contributed by atoms with Gasteiger partial charge in [0.15, 0.2) is 10.8 Å². The SMILES string of the molecule is CCOc1ccccc1N1C(=S)NC2CC1(C)Oc1ccc(Cl)cc12. The Bertz CT molecular complexity index is 844. The second-order valence-electron chi connectivity index (χ2n) is 6.40. The maximum atomic E-state index is 6.40. The molecule has 2 bridgehead atoms. The maximum Gasteiger partial charge on any atom is 0.188 e. The molecule has 1 fully saturated rings. The first kappa shape index (κ1) is 16.5. The molecule has 2 heterocycles. The van der Waals surface area contributed by atoms with E-state index in [1.165, 1.54) is 0 Å². The van der Waals surface area contributed by atoms with E-state index < -0.39 is 5.72 Å². The molecule has 1 saturated heterocycles. The van der Waals surface area contributed by atoms with Gasteiger partial charge in [-0.15, -0.1) is 0 Å². The van der Waals surface area contributed by atoms with E-state index in [0.717, 1.165) is 29.2 Å². The minimum atomic E-state index is -0.596. The average molecular weight is 375 g/mol. The third-order valence-corrected chi connectivity index (χ3v) is 5.18. The van der Waals surface area contributed by atoms with Crippen molar-refractivity contribution in [2.75, 3.05) is 11.5 Å². The highest BCUT2D eigenvalue weighted by atomic mass is 35.5. The highest BCUT2D eigenvalue weighted by Gasteiger charge is 2.49. The van der Waals surface area contributed by atoms with Gasteiger partial charge in [-0.1, -0.05) is 23.7 Å². The monoisotopic (exact) mass is 374 g/mol. The summed E-state index contributed by atoms with van der Waals surface area (Å²) >= 11 is 11.8. The smallest absolute Gasteiger partial charge is 0.188 e. The molecule has 2 aliphatic heterocycles.